The summed E-state index contributed by atoms with van der Waals surface area (Å²) in [6, 6.07) is 15.8. The van der Waals surface area contributed by atoms with E-state index in [1.165, 1.54) is 0 Å². The third-order valence-corrected chi connectivity index (χ3v) is 6.27. The third kappa shape index (κ3) is 3.01. The van der Waals surface area contributed by atoms with Crippen molar-refractivity contribution in [2.75, 3.05) is 11.9 Å². The quantitative estimate of drug-likeness (QED) is 0.544. The van der Waals surface area contributed by atoms with Gasteiger partial charge in [-0.3, -0.25) is 4.79 Å². The van der Waals surface area contributed by atoms with Gasteiger partial charge in [-0.2, -0.15) is 0 Å². The molecular formula is C22H19Cl2N3O. The number of aromatic nitrogens is 1. The van der Waals surface area contributed by atoms with E-state index in [2.05, 4.69) is 16.4 Å². The van der Waals surface area contributed by atoms with E-state index in [9.17, 15) is 4.79 Å². The number of benzene rings is 2. The SMILES string of the molecule is O=C1CCCN1C1CC(c2cc3ccccc3nc2Cl)Nc2ccc(Cl)cc21. The van der Waals surface area contributed by atoms with Crippen LogP contribution in [0.3, 0.4) is 0 Å². The van der Waals surface area contributed by atoms with E-state index < -0.39 is 0 Å². The van der Waals surface area contributed by atoms with Crippen molar-refractivity contribution in [3.63, 3.8) is 0 Å². The van der Waals surface area contributed by atoms with Crippen LogP contribution in [0.15, 0.2) is 48.5 Å². The molecule has 1 fully saturated rings. The van der Waals surface area contributed by atoms with Crippen LogP contribution in [0.5, 0.6) is 0 Å². The molecule has 3 aromatic rings. The minimum Gasteiger partial charge on any atom is -0.378 e. The van der Waals surface area contributed by atoms with Gasteiger partial charge in [0.2, 0.25) is 5.91 Å². The zero-order valence-electron chi connectivity index (χ0n) is 15.2. The Labute approximate surface area is 173 Å². The van der Waals surface area contributed by atoms with Crippen LogP contribution in [0.25, 0.3) is 10.9 Å². The third-order valence-electron chi connectivity index (χ3n) is 5.73. The number of fused-ring (bicyclic) bond motifs is 2. The van der Waals surface area contributed by atoms with Gasteiger partial charge in [0, 0.05) is 34.6 Å². The topological polar surface area (TPSA) is 45.2 Å². The van der Waals surface area contributed by atoms with Gasteiger partial charge in [0.25, 0.3) is 0 Å². The van der Waals surface area contributed by atoms with Crippen LogP contribution in [0.4, 0.5) is 5.69 Å². The molecule has 2 aliphatic heterocycles. The molecule has 0 radical (unpaired) electrons. The standard InChI is InChI=1S/C22H19Cl2N3O/c23-14-7-8-18-15(11-14)20(27-9-3-6-21(27)28)12-19(25-18)16-10-13-4-1-2-5-17(13)26-22(16)24/h1-2,4-5,7-8,10-11,19-20,25H,3,6,9,12H2. The summed E-state index contributed by atoms with van der Waals surface area (Å²) in [5.74, 6) is 0.208. The summed E-state index contributed by atoms with van der Waals surface area (Å²) in [5, 5.41) is 5.83. The van der Waals surface area contributed by atoms with E-state index in [-0.39, 0.29) is 18.0 Å². The Hall–Kier alpha value is -2.30. The largest absolute Gasteiger partial charge is 0.378 e. The number of pyridine rings is 1. The number of anilines is 1. The molecule has 3 heterocycles. The Balaban J connectivity index is 1.59. The van der Waals surface area contributed by atoms with E-state index in [1.807, 2.05) is 47.4 Å². The minimum atomic E-state index is -0.0309. The lowest BCUT2D eigenvalue weighted by atomic mass is 9.88. The average Bonchev–Trinajstić information content (AvgIpc) is 3.12. The van der Waals surface area contributed by atoms with Crippen molar-refractivity contribution < 1.29 is 4.79 Å². The molecule has 0 saturated carbocycles. The lowest BCUT2D eigenvalue weighted by Crippen LogP contribution is -2.35. The molecule has 4 nitrogen and oxygen atoms in total. The summed E-state index contributed by atoms with van der Waals surface area (Å²) >= 11 is 12.8. The van der Waals surface area contributed by atoms with Crippen LogP contribution in [-0.2, 0) is 4.79 Å². The number of halogens is 2. The Morgan fingerprint density at radius 1 is 1.07 bits per heavy atom. The maximum atomic E-state index is 12.5. The van der Waals surface area contributed by atoms with Gasteiger partial charge < -0.3 is 10.2 Å². The number of para-hydroxylation sites is 1. The van der Waals surface area contributed by atoms with Gasteiger partial charge in [0.1, 0.15) is 5.15 Å². The fourth-order valence-electron chi connectivity index (χ4n) is 4.39. The van der Waals surface area contributed by atoms with Crippen molar-refractivity contribution in [3.8, 4) is 0 Å². The zero-order valence-corrected chi connectivity index (χ0v) is 16.7. The van der Waals surface area contributed by atoms with Crippen molar-refractivity contribution in [1.29, 1.82) is 0 Å². The molecular weight excluding hydrogens is 393 g/mol. The highest BCUT2D eigenvalue weighted by molar-refractivity contribution is 6.31. The second-order valence-corrected chi connectivity index (χ2v) is 8.23. The number of nitrogens with zero attached hydrogens (tertiary/aromatic N) is 2. The number of rotatable bonds is 2. The number of hydrogen-bond donors (Lipinski definition) is 1. The van der Waals surface area contributed by atoms with Crippen molar-refractivity contribution in [2.24, 2.45) is 0 Å². The predicted molar refractivity (Wildman–Crippen MR) is 113 cm³/mol. The maximum absolute atomic E-state index is 12.5. The lowest BCUT2D eigenvalue weighted by Gasteiger charge is -2.38. The first-order valence-corrected chi connectivity index (χ1v) is 10.3. The van der Waals surface area contributed by atoms with Crippen molar-refractivity contribution >= 4 is 45.7 Å². The zero-order chi connectivity index (χ0) is 19.3. The number of carbonyl (C=O) groups is 1. The van der Waals surface area contributed by atoms with Crippen LogP contribution in [-0.4, -0.2) is 22.3 Å². The summed E-state index contributed by atoms with van der Waals surface area (Å²) in [7, 11) is 0. The number of amides is 1. The van der Waals surface area contributed by atoms with E-state index in [1.54, 1.807) is 0 Å². The smallest absolute Gasteiger partial charge is 0.223 e. The van der Waals surface area contributed by atoms with Crippen LogP contribution >= 0.6 is 23.2 Å². The molecule has 1 aromatic heterocycles. The predicted octanol–water partition coefficient (Wildman–Crippen LogP) is 5.76. The first kappa shape index (κ1) is 17.8. The first-order chi connectivity index (χ1) is 13.6. The highest BCUT2D eigenvalue weighted by atomic mass is 35.5. The number of carbonyl (C=O) groups excluding carboxylic acids is 1. The van der Waals surface area contributed by atoms with Gasteiger partial charge in [-0.05, 0) is 48.7 Å². The summed E-state index contributed by atoms with van der Waals surface area (Å²) in [4.78, 5) is 19.1. The molecule has 142 valence electrons. The molecule has 0 spiro atoms. The van der Waals surface area contributed by atoms with Gasteiger partial charge in [0.15, 0.2) is 0 Å². The molecule has 6 heteroatoms. The molecule has 0 aliphatic carbocycles. The Kier molecular flexibility index (Phi) is 4.41. The summed E-state index contributed by atoms with van der Waals surface area (Å²) < 4.78 is 0. The van der Waals surface area contributed by atoms with E-state index >= 15 is 0 Å². The average molecular weight is 412 g/mol. The van der Waals surface area contributed by atoms with Crippen LogP contribution in [0.1, 0.15) is 42.5 Å². The fraction of sp³-hybridized carbons (Fsp3) is 0.273. The Morgan fingerprint density at radius 2 is 1.93 bits per heavy atom. The maximum Gasteiger partial charge on any atom is 0.223 e. The van der Waals surface area contributed by atoms with Gasteiger partial charge >= 0.3 is 0 Å². The second-order valence-electron chi connectivity index (χ2n) is 7.43. The van der Waals surface area contributed by atoms with Crippen molar-refractivity contribution in [1.82, 2.24) is 9.88 Å². The Morgan fingerprint density at radius 3 is 2.75 bits per heavy atom. The molecule has 1 N–H and O–H groups in total. The van der Waals surface area contributed by atoms with E-state index in [4.69, 9.17) is 23.2 Å². The van der Waals surface area contributed by atoms with Crippen molar-refractivity contribution in [2.45, 2.75) is 31.3 Å². The van der Waals surface area contributed by atoms with E-state index in [0.717, 1.165) is 47.1 Å². The van der Waals surface area contributed by atoms with Gasteiger partial charge in [-0.1, -0.05) is 41.4 Å². The second kappa shape index (κ2) is 6.94. The molecule has 1 saturated heterocycles. The number of likely N-dealkylation sites (tertiary alicyclic amines) is 1. The summed E-state index contributed by atoms with van der Waals surface area (Å²) in [6.45, 7) is 0.784. The number of hydrogen-bond acceptors (Lipinski definition) is 3. The molecule has 2 atom stereocenters. The normalized spacial score (nSPS) is 21.6. The molecule has 2 unspecified atom stereocenters. The monoisotopic (exact) mass is 411 g/mol. The highest BCUT2D eigenvalue weighted by Gasteiger charge is 2.36. The molecule has 1 amide bonds. The number of nitrogens with one attached hydrogen (secondary N) is 1. The molecule has 5 rings (SSSR count). The summed E-state index contributed by atoms with van der Waals surface area (Å²) in [5.41, 5.74) is 3.90. The van der Waals surface area contributed by atoms with Gasteiger partial charge in [-0.25, -0.2) is 4.98 Å². The molecule has 28 heavy (non-hydrogen) atoms. The minimum absolute atomic E-state index is 0.0162. The van der Waals surface area contributed by atoms with Crippen LogP contribution in [0.2, 0.25) is 10.2 Å². The molecule has 2 aromatic carbocycles. The highest BCUT2D eigenvalue weighted by Crippen LogP contribution is 2.45. The molecule has 0 bridgehead atoms. The van der Waals surface area contributed by atoms with Crippen molar-refractivity contribution in [3.05, 3.63) is 69.8 Å². The van der Waals surface area contributed by atoms with Crippen LogP contribution < -0.4 is 5.32 Å². The Bertz CT molecular complexity index is 1080. The first-order valence-electron chi connectivity index (χ1n) is 9.51. The van der Waals surface area contributed by atoms with Gasteiger partial charge in [-0.15, -0.1) is 0 Å². The van der Waals surface area contributed by atoms with Crippen LogP contribution in [0, 0.1) is 0 Å². The van der Waals surface area contributed by atoms with E-state index in [0.29, 0.717) is 16.6 Å². The lowest BCUT2D eigenvalue weighted by molar-refractivity contribution is -0.130. The molecule has 2 aliphatic rings. The fourth-order valence-corrected chi connectivity index (χ4v) is 4.85. The van der Waals surface area contributed by atoms with Gasteiger partial charge in [0.05, 0.1) is 17.6 Å². The summed E-state index contributed by atoms with van der Waals surface area (Å²) in [6.07, 6.45) is 2.25.